The molecule has 3 rings (SSSR count). The number of likely N-dealkylation sites (N-methyl/N-ethyl adjacent to an activating group) is 1. The fourth-order valence-corrected chi connectivity index (χ4v) is 2.66. The number of rotatable bonds is 4. The lowest BCUT2D eigenvalue weighted by atomic mass is 10.1. The molecule has 3 aromatic carbocycles. The Balaban J connectivity index is 0.00000192. The predicted molar refractivity (Wildman–Crippen MR) is 105 cm³/mol. The maximum Gasteiger partial charge on any atom is 0.0446 e. The van der Waals surface area contributed by atoms with Crippen LogP contribution in [0.4, 0.5) is 5.69 Å². The molecule has 3 aromatic rings. The third-order valence-corrected chi connectivity index (χ3v) is 3.94. The van der Waals surface area contributed by atoms with Crippen molar-refractivity contribution >= 4 is 34.9 Å². The fraction of sp³-hybridized carbons (Fsp3) is 0.143. The quantitative estimate of drug-likeness (QED) is 0.593. The average Bonchev–Trinajstić information content (AvgIpc) is 2.56. The summed E-state index contributed by atoms with van der Waals surface area (Å²) in [6.07, 6.45) is 4.40. The topological polar surface area (TPSA) is 3.24 Å². The number of anilines is 1. The van der Waals surface area contributed by atoms with Gasteiger partial charge < -0.3 is 4.90 Å². The molecule has 0 atom stereocenters. The SMILES string of the molecule is Cc1ccc(/C=C/CN(C)c2cccc3ccccc23)cc1.Cl. The van der Waals surface area contributed by atoms with Crippen molar-refractivity contribution < 1.29 is 0 Å². The van der Waals surface area contributed by atoms with Crippen LogP contribution in [0.3, 0.4) is 0 Å². The normalized spacial score (nSPS) is 10.7. The van der Waals surface area contributed by atoms with Gasteiger partial charge in [-0.25, -0.2) is 0 Å². The molecule has 2 heteroatoms. The van der Waals surface area contributed by atoms with Gasteiger partial charge in [-0.15, -0.1) is 12.4 Å². The number of fused-ring (bicyclic) bond motifs is 1. The van der Waals surface area contributed by atoms with Crippen LogP contribution in [-0.4, -0.2) is 13.6 Å². The van der Waals surface area contributed by atoms with Crippen LogP contribution in [0.1, 0.15) is 11.1 Å². The van der Waals surface area contributed by atoms with Gasteiger partial charge in [0.25, 0.3) is 0 Å². The van der Waals surface area contributed by atoms with Gasteiger partial charge in [0.05, 0.1) is 0 Å². The Morgan fingerprint density at radius 3 is 2.35 bits per heavy atom. The van der Waals surface area contributed by atoms with E-state index < -0.39 is 0 Å². The lowest BCUT2D eigenvalue weighted by Crippen LogP contribution is -2.16. The van der Waals surface area contributed by atoms with Gasteiger partial charge in [-0.1, -0.05) is 78.4 Å². The number of nitrogens with zero attached hydrogens (tertiary/aromatic N) is 1. The number of halogens is 1. The highest BCUT2D eigenvalue weighted by Crippen LogP contribution is 2.25. The third-order valence-electron chi connectivity index (χ3n) is 3.94. The highest BCUT2D eigenvalue weighted by molar-refractivity contribution is 5.94. The molecule has 0 aliphatic carbocycles. The van der Waals surface area contributed by atoms with Crippen molar-refractivity contribution in [2.75, 3.05) is 18.5 Å². The van der Waals surface area contributed by atoms with E-state index in [2.05, 4.69) is 97.8 Å². The van der Waals surface area contributed by atoms with Gasteiger partial charge in [0, 0.05) is 24.7 Å². The Bertz CT molecular complexity index is 785. The summed E-state index contributed by atoms with van der Waals surface area (Å²) >= 11 is 0. The third kappa shape index (κ3) is 4.14. The van der Waals surface area contributed by atoms with Gasteiger partial charge >= 0.3 is 0 Å². The van der Waals surface area contributed by atoms with E-state index >= 15 is 0 Å². The summed E-state index contributed by atoms with van der Waals surface area (Å²) in [5, 5.41) is 2.59. The Labute approximate surface area is 144 Å². The molecule has 0 aromatic heterocycles. The molecule has 0 radical (unpaired) electrons. The largest absolute Gasteiger partial charge is 0.370 e. The van der Waals surface area contributed by atoms with E-state index in [0.29, 0.717) is 0 Å². The van der Waals surface area contributed by atoms with E-state index in [4.69, 9.17) is 0 Å². The lowest BCUT2D eigenvalue weighted by molar-refractivity contribution is 1.04. The fourth-order valence-electron chi connectivity index (χ4n) is 2.66. The minimum atomic E-state index is 0. The summed E-state index contributed by atoms with van der Waals surface area (Å²) in [4.78, 5) is 2.28. The van der Waals surface area contributed by atoms with Crippen molar-refractivity contribution in [3.05, 3.63) is 83.9 Å². The van der Waals surface area contributed by atoms with Crippen LogP contribution in [0.2, 0.25) is 0 Å². The van der Waals surface area contributed by atoms with Gasteiger partial charge in [0.2, 0.25) is 0 Å². The number of hydrogen-bond acceptors (Lipinski definition) is 1. The monoisotopic (exact) mass is 323 g/mol. The van der Waals surface area contributed by atoms with E-state index in [-0.39, 0.29) is 12.4 Å². The molecule has 0 saturated carbocycles. The van der Waals surface area contributed by atoms with Crippen molar-refractivity contribution in [2.24, 2.45) is 0 Å². The molecule has 0 amide bonds. The van der Waals surface area contributed by atoms with E-state index in [0.717, 1.165) is 6.54 Å². The molecule has 0 heterocycles. The molecule has 0 N–H and O–H groups in total. The van der Waals surface area contributed by atoms with Crippen molar-refractivity contribution in [3.8, 4) is 0 Å². The Kier molecular flexibility index (Phi) is 5.84. The van der Waals surface area contributed by atoms with Gasteiger partial charge in [-0.3, -0.25) is 0 Å². The van der Waals surface area contributed by atoms with Gasteiger partial charge in [0.1, 0.15) is 0 Å². The minimum Gasteiger partial charge on any atom is -0.370 e. The zero-order valence-corrected chi connectivity index (χ0v) is 14.4. The molecule has 118 valence electrons. The summed E-state index contributed by atoms with van der Waals surface area (Å²) in [7, 11) is 2.14. The molecule has 0 aliphatic rings. The molecule has 1 nitrogen and oxygen atoms in total. The molecule has 0 aliphatic heterocycles. The maximum atomic E-state index is 2.28. The van der Waals surface area contributed by atoms with Crippen LogP contribution in [-0.2, 0) is 0 Å². The van der Waals surface area contributed by atoms with Crippen LogP contribution in [0.15, 0.2) is 72.8 Å². The van der Waals surface area contributed by atoms with Crippen LogP contribution in [0, 0.1) is 6.92 Å². The highest BCUT2D eigenvalue weighted by Gasteiger charge is 2.03. The molecule has 0 saturated heterocycles. The zero-order chi connectivity index (χ0) is 15.4. The van der Waals surface area contributed by atoms with Crippen molar-refractivity contribution in [3.63, 3.8) is 0 Å². The first-order valence-electron chi connectivity index (χ1n) is 7.66. The van der Waals surface area contributed by atoms with Crippen molar-refractivity contribution in [2.45, 2.75) is 6.92 Å². The summed E-state index contributed by atoms with van der Waals surface area (Å²) in [6, 6.07) is 23.6. The highest BCUT2D eigenvalue weighted by atomic mass is 35.5. The molecular formula is C21H22ClN. The van der Waals surface area contributed by atoms with Gasteiger partial charge in [-0.05, 0) is 23.9 Å². The predicted octanol–water partition coefficient (Wildman–Crippen LogP) is 5.72. The van der Waals surface area contributed by atoms with E-state index in [1.807, 2.05) is 0 Å². The Morgan fingerprint density at radius 2 is 1.57 bits per heavy atom. The minimum absolute atomic E-state index is 0. The van der Waals surface area contributed by atoms with Crippen molar-refractivity contribution in [1.82, 2.24) is 0 Å². The van der Waals surface area contributed by atoms with E-state index in [1.165, 1.54) is 27.6 Å². The molecule has 23 heavy (non-hydrogen) atoms. The molecule has 0 spiro atoms. The molecule has 0 fully saturated rings. The van der Waals surface area contributed by atoms with Gasteiger partial charge in [-0.2, -0.15) is 0 Å². The van der Waals surface area contributed by atoms with Crippen LogP contribution >= 0.6 is 12.4 Å². The lowest BCUT2D eigenvalue weighted by Gasteiger charge is -2.19. The second-order valence-electron chi connectivity index (χ2n) is 5.69. The maximum absolute atomic E-state index is 2.28. The summed E-state index contributed by atoms with van der Waals surface area (Å²) in [6.45, 7) is 3.00. The summed E-state index contributed by atoms with van der Waals surface area (Å²) in [5.74, 6) is 0. The number of benzene rings is 3. The van der Waals surface area contributed by atoms with Crippen LogP contribution in [0.25, 0.3) is 16.8 Å². The zero-order valence-electron chi connectivity index (χ0n) is 13.6. The summed E-state index contributed by atoms with van der Waals surface area (Å²) < 4.78 is 0. The average molecular weight is 324 g/mol. The summed E-state index contributed by atoms with van der Waals surface area (Å²) in [5.41, 5.74) is 3.81. The van der Waals surface area contributed by atoms with E-state index in [9.17, 15) is 0 Å². The number of aryl methyl sites for hydroxylation is 1. The Morgan fingerprint density at radius 1 is 0.870 bits per heavy atom. The Hall–Kier alpha value is -2.25. The second kappa shape index (κ2) is 7.85. The second-order valence-corrected chi connectivity index (χ2v) is 5.69. The first-order chi connectivity index (χ1) is 10.7. The standard InChI is InChI=1S/C21H21N.ClH/c1-17-12-14-18(15-13-17)7-6-16-22(2)21-11-5-9-19-8-3-4-10-20(19)21;/h3-15H,16H2,1-2H3;1H/b7-6+;. The first kappa shape index (κ1) is 17.1. The van der Waals surface area contributed by atoms with Crippen LogP contribution in [0.5, 0.6) is 0 Å². The van der Waals surface area contributed by atoms with Gasteiger partial charge in [0.15, 0.2) is 0 Å². The smallest absolute Gasteiger partial charge is 0.0446 e. The molecule has 0 bridgehead atoms. The van der Waals surface area contributed by atoms with Crippen molar-refractivity contribution in [1.29, 1.82) is 0 Å². The number of hydrogen-bond donors (Lipinski definition) is 0. The van der Waals surface area contributed by atoms with E-state index in [1.54, 1.807) is 0 Å². The molecular weight excluding hydrogens is 302 g/mol. The molecule has 0 unspecified atom stereocenters. The van der Waals surface area contributed by atoms with Crippen LogP contribution < -0.4 is 4.90 Å². The first-order valence-corrected chi connectivity index (χ1v) is 7.66.